The molecule has 118 valence electrons. The molecule has 1 aromatic carbocycles. The largest absolute Gasteiger partial charge is 0.481 e. The fourth-order valence-electron chi connectivity index (χ4n) is 1.73. The number of benzene rings is 1. The number of carbonyl (C=O) groups is 1. The van der Waals surface area contributed by atoms with Gasteiger partial charge in [-0.3, -0.25) is 4.79 Å². The van der Waals surface area contributed by atoms with Gasteiger partial charge in [-0.1, -0.05) is 44.5 Å². The zero-order chi connectivity index (χ0) is 16.4. The first-order chi connectivity index (χ1) is 9.45. The highest BCUT2D eigenvalue weighted by atomic mass is 35.5. The standard InChI is InChI=1S/C16H25ClO3Si/c1-11(15(18)19)14(12-7-9-13(17)10-8-12)20-21(5,6)16(2,3)4/h7-11,14H,1-6H3,(H,18,19)/t11-,14-/m1/s1. The predicted molar refractivity (Wildman–Crippen MR) is 89.3 cm³/mol. The van der Waals surface area contributed by atoms with Crippen LogP contribution in [0.15, 0.2) is 24.3 Å². The van der Waals surface area contributed by atoms with Crippen LogP contribution in [0.3, 0.4) is 0 Å². The molecule has 0 heterocycles. The highest BCUT2D eigenvalue weighted by Gasteiger charge is 2.41. The number of hydrogen-bond acceptors (Lipinski definition) is 2. The first-order valence-electron chi connectivity index (χ1n) is 7.12. The van der Waals surface area contributed by atoms with E-state index in [0.717, 1.165) is 5.56 Å². The van der Waals surface area contributed by atoms with E-state index in [1.54, 1.807) is 19.1 Å². The minimum Gasteiger partial charge on any atom is -0.481 e. The van der Waals surface area contributed by atoms with E-state index in [1.165, 1.54) is 0 Å². The van der Waals surface area contributed by atoms with E-state index in [-0.39, 0.29) is 5.04 Å². The summed E-state index contributed by atoms with van der Waals surface area (Å²) in [6.45, 7) is 12.4. The van der Waals surface area contributed by atoms with Crippen LogP contribution < -0.4 is 0 Å². The van der Waals surface area contributed by atoms with Crippen LogP contribution >= 0.6 is 11.6 Å². The highest BCUT2D eigenvalue weighted by molar-refractivity contribution is 6.74. The van der Waals surface area contributed by atoms with Crippen LogP contribution in [-0.4, -0.2) is 19.4 Å². The van der Waals surface area contributed by atoms with Crippen molar-refractivity contribution < 1.29 is 14.3 Å². The van der Waals surface area contributed by atoms with Crippen molar-refractivity contribution in [2.45, 2.75) is 51.9 Å². The Morgan fingerprint density at radius 2 is 1.71 bits per heavy atom. The average Bonchev–Trinajstić information content (AvgIpc) is 2.35. The second kappa shape index (κ2) is 6.51. The topological polar surface area (TPSA) is 46.5 Å². The molecule has 0 aliphatic rings. The molecule has 1 N–H and O–H groups in total. The summed E-state index contributed by atoms with van der Waals surface area (Å²) in [4.78, 5) is 11.4. The van der Waals surface area contributed by atoms with Crippen LogP contribution in [0.4, 0.5) is 0 Å². The second-order valence-corrected chi connectivity index (χ2v) is 12.2. The van der Waals surface area contributed by atoms with Gasteiger partial charge in [-0.05, 0) is 42.8 Å². The maximum absolute atomic E-state index is 11.4. The average molecular weight is 329 g/mol. The van der Waals surface area contributed by atoms with Gasteiger partial charge < -0.3 is 9.53 Å². The third-order valence-electron chi connectivity index (χ3n) is 4.27. The van der Waals surface area contributed by atoms with Crippen LogP contribution in [0.5, 0.6) is 0 Å². The molecule has 0 aromatic heterocycles. The molecular formula is C16H25ClO3Si. The lowest BCUT2D eigenvalue weighted by Crippen LogP contribution is -2.43. The Balaban J connectivity index is 3.15. The molecule has 2 atom stereocenters. The van der Waals surface area contributed by atoms with Crippen molar-refractivity contribution in [3.05, 3.63) is 34.9 Å². The molecule has 1 aromatic rings. The van der Waals surface area contributed by atoms with Gasteiger partial charge in [0.1, 0.15) is 0 Å². The van der Waals surface area contributed by atoms with E-state index in [2.05, 4.69) is 33.9 Å². The molecule has 0 saturated carbocycles. The molecular weight excluding hydrogens is 304 g/mol. The van der Waals surface area contributed by atoms with Crippen molar-refractivity contribution in [1.29, 1.82) is 0 Å². The molecule has 5 heteroatoms. The fraction of sp³-hybridized carbons (Fsp3) is 0.562. The molecule has 0 radical (unpaired) electrons. The zero-order valence-electron chi connectivity index (χ0n) is 13.6. The summed E-state index contributed by atoms with van der Waals surface area (Å²) < 4.78 is 6.37. The lowest BCUT2D eigenvalue weighted by molar-refractivity contribution is -0.144. The quantitative estimate of drug-likeness (QED) is 0.763. The van der Waals surface area contributed by atoms with Gasteiger partial charge in [0.05, 0.1) is 12.0 Å². The van der Waals surface area contributed by atoms with Crippen LogP contribution in [0.2, 0.25) is 23.2 Å². The summed E-state index contributed by atoms with van der Waals surface area (Å²) in [6.07, 6.45) is -0.458. The van der Waals surface area contributed by atoms with Gasteiger partial charge in [0.2, 0.25) is 0 Å². The molecule has 3 nitrogen and oxygen atoms in total. The normalized spacial score (nSPS) is 15.6. The number of rotatable bonds is 5. The van der Waals surface area contributed by atoms with Crippen LogP contribution in [-0.2, 0) is 9.22 Å². The Labute approximate surface area is 133 Å². The maximum atomic E-state index is 11.4. The van der Waals surface area contributed by atoms with Gasteiger partial charge in [0.25, 0.3) is 0 Å². The SMILES string of the molecule is C[C@@H](C(=O)O)[C@@H](O[Si](C)(C)C(C)(C)C)c1ccc(Cl)cc1. The van der Waals surface area contributed by atoms with Crippen molar-refractivity contribution in [1.82, 2.24) is 0 Å². The predicted octanol–water partition coefficient (Wildman–Crippen LogP) is 5.12. The van der Waals surface area contributed by atoms with Gasteiger partial charge in [0, 0.05) is 5.02 Å². The first kappa shape index (κ1) is 18.2. The van der Waals surface area contributed by atoms with Crippen molar-refractivity contribution in [3.63, 3.8) is 0 Å². The third kappa shape index (κ3) is 4.56. The molecule has 0 spiro atoms. The Bertz CT molecular complexity index is 491. The number of aliphatic carboxylic acids is 1. The van der Waals surface area contributed by atoms with Crippen LogP contribution in [0.25, 0.3) is 0 Å². The third-order valence-corrected chi connectivity index (χ3v) is 8.98. The number of halogens is 1. The molecule has 0 fully saturated rings. The molecule has 0 aliphatic heterocycles. The van der Waals surface area contributed by atoms with Crippen molar-refractivity contribution in [2.24, 2.45) is 5.92 Å². The van der Waals surface area contributed by atoms with Crippen molar-refractivity contribution >= 4 is 25.9 Å². The van der Waals surface area contributed by atoms with Crippen LogP contribution in [0.1, 0.15) is 39.4 Å². The van der Waals surface area contributed by atoms with E-state index >= 15 is 0 Å². The summed E-state index contributed by atoms with van der Waals surface area (Å²) in [7, 11) is -2.07. The Morgan fingerprint density at radius 1 is 1.24 bits per heavy atom. The fourth-order valence-corrected chi connectivity index (χ4v) is 3.19. The number of hydrogen-bond donors (Lipinski definition) is 1. The van der Waals surface area contributed by atoms with E-state index in [0.29, 0.717) is 5.02 Å². The molecule has 21 heavy (non-hydrogen) atoms. The Morgan fingerprint density at radius 3 is 2.10 bits per heavy atom. The van der Waals surface area contributed by atoms with Gasteiger partial charge in [0.15, 0.2) is 8.32 Å². The molecule has 1 rings (SSSR count). The van der Waals surface area contributed by atoms with E-state index in [1.807, 2.05) is 12.1 Å². The summed E-state index contributed by atoms with van der Waals surface area (Å²) in [5.41, 5.74) is 0.860. The van der Waals surface area contributed by atoms with Gasteiger partial charge in [-0.2, -0.15) is 0 Å². The van der Waals surface area contributed by atoms with Crippen molar-refractivity contribution in [3.8, 4) is 0 Å². The molecule has 0 bridgehead atoms. The van der Waals surface area contributed by atoms with E-state index in [4.69, 9.17) is 16.0 Å². The molecule has 0 amide bonds. The summed E-state index contributed by atoms with van der Waals surface area (Å²) in [6, 6.07) is 7.24. The second-order valence-electron chi connectivity index (χ2n) is 6.98. The monoisotopic (exact) mass is 328 g/mol. The van der Waals surface area contributed by atoms with E-state index in [9.17, 15) is 9.90 Å². The zero-order valence-corrected chi connectivity index (χ0v) is 15.4. The smallest absolute Gasteiger partial charge is 0.309 e. The number of carboxylic acids is 1. The van der Waals surface area contributed by atoms with E-state index < -0.39 is 26.3 Å². The Kier molecular flexibility index (Phi) is 5.64. The molecule has 0 saturated heterocycles. The van der Waals surface area contributed by atoms with Crippen molar-refractivity contribution in [2.75, 3.05) is 0 Å². The van der Waals surface area contributed by atoms with Gasteiger partial charge in [-0.15, -0.1) is 0 Å². The van der Waals surface area contributed by atoms with Crippen LogP contribution in [0, 0.1) is 5.92 Å². The summed E-state index contributed by atoms with van der Waals surface area (Å²) >= 11 is 5.92. The molecule has 0 aliphatic carbocycles. The summed E-state index contributed by atoms with van der Waals surface area (Å²) in [5.74, 6) is -1.46. The maximum Gasteiger partial charge on any atom is 0.309 e. The minimum absolute atomic E-state index is 0.0237. The number of carboxylic acid groups (broad SMARTS) is 1. The minimum atomic E-state index is -2.07. The lowest BCUT2D eigenvalue weighted by atomic mass is 9.98. The first-order valence-corrected chi connectivity index (χ1v) is 10.4. The lowest BCUT2D eigenvalue weighted by Gasteiger charge is -2.40. The van der Waals surface area contributed by atoms with Gasteiger partial charge in [-0.25, -0.2) is 0 Å². The highest BCUT2D eigenvalue weighted by Crippen LogP contribution is 2.41. The molecule has 0 unspecified atom stereocenters. The Hall–Kier alpha value is -0.843. The summed E-state index contributed by atoms with van der Waals surface area (Å²) in [5, 5.41) is 10.0. The van der Waals surface area contributed by atoms with Gasteiger partial charge >= 0.3 is 5.97 Å².